The molecule has 21 heavy (non-hydrogen) atoms. The van der Waals surface area contributed by atoms with E-state index in [9.17, 15) is 14.7 Å². The summed E-state index contributed by atoms with van der Waals surface area (Å²) in [5.41, 5.74) is 0.250. The second kappa shape index (κ2) is 5.81. The van der Waals surface area contributed by atoms with Crippen LogP contribution in [0.4, 0.5) is 10.5 Å². The Morgan fingerprint density at radius 1 is 1.48 bits per heavy atom. The number of nitriles is 1. The maximum atomic E-state index is 12.0. The Bertz CT molecular complexity index is 615. The summed E-state index contributed by atoms with van der Waals surface area (Å²) in [4.78, 5) is 23.3. The number of rotatable bonds is 3. The normalized spacial score (nSPS) is 20.6. The molecule has 1 unspecified atom stereocenters. The third-order valence-corrected chi connectivity index (χ3v) is 3.40. The van der Waals surface area contributed by atoms with Gasteiger partial charge in [-0.2, -0.15) is 5.26 Å². The molecular formula is C14H15N3O4. The molecule has 1 aromatic rings. The molecule has 3 N–H and O–H groups in total. The largest absolute Gasteiger partial charge is 0.479 e. The number of carbonyl (C=O) groups is 2. The van der Waals surface area contributed by atoms with Crippen molar-refractivity contribution in [2.24, 2.45) is 0 Å². The summed E-state index contributed by atoms with van der Waals surface area (Å²) in [6.45, 7) is 2.00. The SMILES string of the molecule is Cc1ccc(C#N)cc1NC(=O)NC1(C(=O)O)CCOC1. The van der Waals surface area contributed by atoms with Gasteiger partial charge >= 0.3 is 12.0 Å². The highest BCUT2D eigenvalue weighted by Gasteiger charge is 2.44. The third kappa shape index (κ3) is 3.12. The molecule has 7 nitrogen and oxygen atoms in total. The van der Waals surface area contributed by atoms with Crippen molar-refractivity contribution in [2.45, 2.75) is 18.9 Å². The van der Waals surface area contributed by atoms with Crippen molar-refractivity contribution in [3.8, 4) is 6.07 Å². The Kier molecular flexibility index (Phi) is 4.10. The number of ether oxygens (including phenoxy) is 1. The van der Waals surface area contributed by atoms with Crippen LogP contribution in [0.5, 0.6) is 0 Å². The van der Waals surface area contributed by atoms with Gasteiger partial charge in [0, 0.05) is 18.7 Å². The summed E-state index contributed by atoms with van der Waals surface area (Å²) in [6.07, 6.45) is 0.215. The number of aryl methyl sites for hydroxylation is 1. The van der Waals surface area contributed by atoms with Crippen LogP contribution in [-0.2, 0) is 9.53 Å². The van der Waals surface area contributed by atoms with E-state index >= 15 is 0 Å². The Hall–Kier alpha value is -2.59. The smallest absolute Gasteiger partial charge is 0.332 e. The zero-order valence-corrected chi connectivity index (χ0v) is 11.5. The van der Waals surface area contributed by atoms with Crippen LogP contribution < -0.4 is 10.6 Å². The predicted octanol–water partition coefficient (Wildman–Crippen LogP) is 1.23. The summed E-state index contributed by atoms with van der Waals surface area (Å²) < 4.78 is 5.07. The Morgan fingerprint density at radius 2 is 2.24 bits per heavy atom. The van der Waals surface area contributed by atoms with E-state index in [2.05, 4.69) is 10.6 Å². The first-order valence-electron chi connectivity index (χ1n) is 6.38. The van der Waals surface area contributed by atoms with E-state index in [1.807, 2.05) is 6.07 Å². The number of amides is 2. The van der Waals surface area contributed by atoms with Crippen LogP contribution in [0.15, 0.2) is 18.2 Å². The van der Waals surface area contributed by atoms with Crippen LogP contribution in [0.3, 0.4) is 0 Å². The maximum Gasteiger partial charge on any atom is 0.332 e. The van der Waals surface area contributed by atoms with E-state index in [0.717, 1.165) is 5.56 Å². The van der Waals surface area contributed by atoms with Crippen LogP contribution in [-0.4, -0.2) is 35.9 Å². The van der Waals surface area contributed by atoms with E-state index in [1.54, 1.807) is 19.1 Å². The van der Waals surface area contributed by atoms with Gasteiger partial charge in [-0.05, 0) is 24.6 Å². The Balaban J connectivity index is 2.12. The van der Waals surface area contributed by atoms with Crippen molar-refractivity contribution in [3.63, 3.8) is 0 Å². The van der Waals surface area contributed by atoms with E-state index in [0.29, 0.717) is 11.3 Å². The van der Waals surface area contributed by atoms with Crippen molar-refractivity contribution >= 4 is 17.7 Å². The number of carboxylic acid groups (broad SMARTS) is 1. The molecule has 1 aromatic carbocycles. The number of carbonyl (C=O) groups excluding carboxylic acids is 1. The molecule has 1 saturated heterocycles. The van der Waals surface area contributed by atoms with Crippen molar-refractivity contribution < 1.29 is 19.4 Å². The van der Waals surface area contributed by atoms with E-state index in [-0.39, 0.29) is 19.6 Å². The number of aliphatic carboxylic acids is 1. The summed E-state index contributed by atoms with van der Waals surface area (Å²) in [6, 6.07) is 6.23. The molecule has 1 fully saturated rings. The van der Waals surface area contributed by atoms with Crippen LogP contribution in [0, 0.1) is 18.3 Å². The number of nitrogens with one attached hydrogen (secondary N) is 2. The van der Waals surface area contributed by atoms with E-state index < -0.39 is 17.5 Å². The zero-order chi connectivity index (χ0) is 15.5. The van der Waals surface area contributed by atoms with Crippen LogP contribution in [0.2, 0.25) is 0 Å². The van der Waals surface area contributed by atoms with Gasteiger partial charge in [0.15, 0.2) is 5.54 Å². The second-order valence-electron chi connectivity index (χ2n) is 4.91. The minimum Gasteiger partial charge on any atom is -0.479 e. The number of urea groups is 1. The molecule has 0 aliphatic carbocycles. The lowest BCUT2D eigenvalue weighted by Crippen LogP contribution is -2.56. The van der Waals surface area contributed by atoms with Gasteiger partial charge in [0.2, 0.25) is 0 Å². The maximum absolute atomic E-state index is 12.0. The average molecular weight is 289 g/mol. The minimum absolute atomic E-state index is 0.0625. The monoisotopic (exact) mass is 289 g/mol. The van der Waals surface area contributed by atoms with E-state index in [4.69, 9.17) is 10.00 Å². The molecule has 0 bridgehead atoms. The van der Waals surface area contributed by atoms with Crippen LogP contribution in [0.25, 0.3) is 0 Å². The number of hydrogen-bond acceptors (Lipinski definition) is 4. The molecular weight excluding hydrogens is 274 g/mol. The quantitative estimate of drug-likeness (QED) is 0.775. The van der Waals surface area contributed by atoms with Crippen molar-refractivity contribution in [3.05, 3.63) is 29.3 Å². The topological polar surface area (TPSA) is 111 Å². The highest BCUT2D eigenvalue weighted by molar-refractivity contribution is 5.94. The van der Waals surface area contributed by atoms with E-state index in [1.165, 1.54) is 6.07 Å². The molecule has 1 heterocycles. The number of hydrogen-bond donors (Lipinski definition) is 3. The van der Waals surface area contributed by atoms with Gasteiger partial charge in [0.05, 0.1) is 18.2 Å². The highest BCUT2D eigenvalue weighted by Crippen LogP contribution is 2.20. The van der Waals surface area contributed by atoms with Gasteiger partial charge in [-0.1, -0.05) is 6.07 Å². The lowest BCUT2D eigenvalue weighted by molar-refractivity contribution is -0.144. The molecule has 1 atom stereocenters. The lowest BCUT2D eigenvalue weighted by Gasteiger charge is -2.24. The second-order valence-corrected chi connectivity index (χ2v) is 4.91. The molecule has 0 spiro atoms. The van der Waals surface area contributed by atoms with Gasteiger partial charge in [-0.25, -0.2) is 9.59 Å². The number of anilines is 1. The summed E-state index contributed by atoms with van der Waals surface area (Å²) in [7, 11) is 0. The predicted molar refractivity (Wildman–Crippen MR) is 73.9 cm³/mol. The van der Waals surface area contributed by atoms with Gasteiger partial charge in [0.1, 0.15) is 0 Å². The van der Waals surface area contributed by atoms with Gasteiger partial charge < -0.3 is 20.5 Å². The summed E-state index contributed by atoms with van der Waals surface area (Å²) in [5, 5.41) is 23.1. The molecule has 0 aromatic heterocycles. The number of carboxylic acids is 1. The fourth-order valence-electron chi connectivity index (χ4n) is 2.08. The Labute approximate surface area is 121 Å². The molecule has 0 radical (unpaired) electrons. The third-order valence-electron chi connectivity index (χ3n) is 3.40. The highest BCUT2D eigenvalue weighted by atomic mass is 16.5. The first-order chi connectivity index (χ1) is 9.97. The average Bonchev–Trinajstić information content (AvgIpc) is 2.91. The molecule has 2 rings (SSSR count). The summed E-state index contributed by atoms with van der Waals surface area (Å²) >= 11 is 0. The number of benzene rings is 1. The van der Waals surface area contributed by atoms with Gasteiger partial charge in [-0.15, -0.1) is 0 Å². The van der Waals surface area contributed by atoms with Gasteiger partial charge in [-0.3, -0.25) is 0 Å². The van der Waals surface area contributed by atoms with Gasteiger partial charge in [0.25, 0.3) is 0 Å². The molecule has 0 saturated carbocycles. The van der Waals surface area contributed by atoms with Crippen LogP contribution >= 0.6 is 0 Å². The first-order valence-corrected chi connectivity index (χ1v) is 6.38. The molecule has 2 amide bonds. The van der Waals surface area contributed by atoms with Crippen molar-refractivity contribution in [1.82, 2.24) is 5.32 Å². The Morgan fingerprint density at radius 3 is 2.81 bits per heavy atom. The molecule has 1 aliphatic rings. The fourth-order valence-corrected chi connectivity index (χ4v) is 2.08. The minimum atomic E-state index is -1.40. The fraction of sp³-hybridized carbons (Fsp3) is 0.357. The van der Waals surface area contributed by atoms with Crippen molar-refractivity contribution in [1.29, 1.82) is 5.26 Å². The standard InChI is InChI=1S/C14H15N3O4/c1-9-2-3-10(7-15)6-11(9)16-13(20)17-14(12(18)19)4-5-21-8-14/h2-3,6H,4-5,8H2,1H3,(H,18,19)(H2,16,17,20). The number of nitrogens with zero attached hydrogens (tertiary/aromatic N) is 1. The molecule has 110 valence electrons. The first kappa shape index (κ1) is 14.8. The zero-order valence-electron chi connectivity index (χ0n) is 11.5. The summed E-state index contributed by atoms with van der Waals surface area (Å²) in [5.74, 6) is -1.13. The molecule has 7 heteroatoms. The lowest BCUT2D eigenvalue weighted by atomic mass is 9.99. The van der Waals surface area contributed by atoms with Crippen LogP contribution in [0.1, 0.15) is 17.5 Å². The van der Waals surface area contributed by atoms with Crippen molar-refractivity contribution in [2.75, 3.05) is 18.5 Å². The molecule has 1 aliphatic heterocycles.